The van der Waals surface area contributed by atoms with Crippen LogP contribution >= 0.6 is 0 Å². The third-order valence-electron chi connectivity index (χ3n) is 7.68. The Morgan fingerprint density at radius 3 is 2.77 bits per heavy atom. The van der Waals surface area contributed by atoms with Gasteiger partial charge in [-0.3, -0.25) is 4.79 Å². The van der Waals surface area contributed by atoms with Gasteiger partial charge in [-0.15, -0.1) is 0 Å². The molecular weight excluding hydrogens is 276 g/mol. The Balaban J connectivity index is 1.78. The van der Waals surface area contributed by atoms with Gasteiger partial charge in [0.2, 0.25) is 0 Å². The van der Waals surface area contributed by atoms with Gasteiger partial charge < -0.3 is 10.2 Å². The predicted molar refractivity (Wildman–Crippen MR) is 84.1 cm³/mol. The van der Waals surface area contributed by atoms with Gasteiger partial charge in [0.1, 0.15) is 0 Å². The molecule has 4 aliphatic carbocycles. The van der Waals surface area contributed by atoms with E-state index in [1.807, 2.05) is 0 Å². The van der Waals surface area contributed by atoms with Gasteiger partial charge in [0.25, 0.3) is 0 Å². The van der Waals surface area contributed by atoms with Crippen molar-refractivity contribution in [3.63, 3.8) is 0 Å². The minimum atomic E-state index is -0.495. The molecule has 4 rings (SSSR count). The fourth-order valence-corrected chi connectivity index (χ4v) is 6.75. The minimum Gasteiger partial charge on any atom is -0.393 e. The smallest absolute Gasteiger partial charge is 0.155 e. The second kappa shape index (κ2) is 4.67. The van der Waals surface area contributed by atoms with Crippen LogP contribution in [0.4, 0.5) is 0 Å². The summed E-state index contributed by atoms with van der Waals surface area (Å²) in [7, 11) is 0. The van der Waals surface area contributed by atoms with Crippen LogP contribution in [-0.4, -0.2) is 28.2 Å². The number of fused-ring (bicyclic) bond motifs is 5. The van der Waals surface area contributed by atoms with Gasteiger partial charge in [0, 0.05) is 6.42 Å². The first kappa shape index (κ1) is 14.9. The highest BCUT2D eigenvalue weighted by Crippen LogP contribution is 2.65. The molecule has 0 saturated heterocycles. The standard InChI is InChI=1S/C19H28O3/c1-18-6-3-4-13(18)12-9-15(21)14-8-11(20)5-7-19(14,2)17(12)16(22)10-18/h8,12-13,15-17,21-22H,3-7,9-10H2,1-2H3/t12?,13?,15?,16-,17?,18?,19?/m1/s1. The van der Waals surface area contributed by atoms with Crippen molar-refractivity contribution in [3.8, 4) is 0 Å². The fraction of sp³-hybridized carbons (Fsp3) is 0.842. The summed E-state index contributed by atoms with van der Waals surface area (Å²) in [5, 5.41) is 21.7. The maximum absolute atomic E-state index is 11.8. The van der Waals surface area contributed by atoms with Crippen LogP contribution < -0.4 is 0 Å². The van der Waals surface area contributed by atoms with E-state index in [-0.39, 0.29) is 28.6 Å². The van der Waals surface area contributed by atoms with Crippen molar-refractivity contribution in [2.45, 2.75) is 71.0 Å². The molecule has 0 amide bonds. The van der Waals surface area contributed by atoms with E-state index in [1.165, 1.54) is 19.3 Å². The van der Waals surface area contributed by atoms with Crippen LogP contribution in [0, 0.1) is 28.6 Å². The average molecular weight is 304 g/mol. The number of hydrogen-bond acceptors (Lipinski definition) is 3. The molecule has 0 bridgehead atoms. The van der Waals surface area contributed by atoms with Crippen LogP contribution in [0.15, 0.2) is 11.6 Å². The minimum absolute atomic E-state index is 0.140. The van der Waals surface area contributed by atoms with Gasteiger partial charge in [-0.1, -0.05) is 20.3 Å². The fourth-order valence-electron chi connectivity index (χ4n) is 6.75. The van der Waals surface area contributed by atoms with Gasteiger partial charge in [0.05, 0.1) is 12.2 Å². The Bertz CT molecular complexity index is 539. The quantitative estimate of drug-likeness (QED) is 0.723. The highest BCUT2D eigenvalue weighted by molar-refractivity contribution is 5.91. The molecule has 3 heteroatoms. The molecule has 0 aromatic rings. The zero-order chi connectivity index (χ0) is 15.7. The molecule has 0 aromatic heterocycles. The lowest BCUT2D eigenvalue weighted by Crippen LogP contribution is -2.58. The molecule has 3 saturated carbocycles. The highest BCUT2D eigenvalue weighted by Gasteiger charge is 2.61. The second-order valence-electron chi connectivity index (χ2n) is 8.85. The predicted octanol–water partition coefficient (Wildman–Crippen LogP) is 2.85. The molecule has 0 spiro atoms. The zero-order valence-electron chi connectivity index (χ0n) is 13.7. The Morgan fingerprint density at radius 1 is 1.23 bits per heavy atom. The Morgan fingerprint density at radius 2 is 2.00 bits per heavy atom. The molecule has 4 aliphatic rings. The van der Waals surface area contributed by atoms with E-state index in [2.05, 4.69) is 13.8 Å². The summed E-state index contributed by atoms with van der Waals surface area (Å²) in [6, 6.07) is 0. The maximum Gasteiger partial charge on any atom is 0.155 e. The molecule has 7 atom stereocenters. The van der Waals surface area contributed by atoms with Crippen molar-refractivity contribution in [2.75, 3.05) is 0 Å². The summed E-state index contributed by atoms with van der Waals surface area (Å²) in [6.07, 6.45) is 7.59. The van der Waals surface area contributed by atoms with E-state index < -0.39 is 6.10 Å². The molecule has 0 radical (unpaired) electrons. The maximum atomic E-state index is 11.8. The molecule has 2 N–H and O–H groups in total. The summed E-state index contributed by atoms with van der Waals surface area (Å²) in [5.41, 5.74) is 0.965. The van der Waals surface area contributed by atoms with Crippen LogP contribution in [-0.2, 0) is 4.79 Å². The lowest BCUT2D eigenvalue weighted by atomic mass is 9.46. The zero-order valence-corrected chi connectivity index (χ0v) is 13.7. The SMILES string of the molecule is CC12CCCC1C1CC(O)C3=CC(=O)CCC3(C)C1[C@H](O)C2. The van der Waals surface area contributed by atoms with Crippen molar-refractivity contribution < 1.29 is 15.0 Å². The molecule has 3 fully saturated rings. The Kier molecular flexibility index (Phi) is 3.16. The van der Waals surface area contributed by atoms with Crippen LogP contribution in [0.1, 0.15) is 58.8 Å². The van der Waals surface area contributed by atoms with Crippen molar-refractivity contribution in [2.24, 2.45) is 28.6 Å². The van der Waals surface area contributed by atoms with Crippen LogP contribution in [0.2, 0.25) is 0 Å². The molecule has 22 heavy (non-hydrogen) atoms. The van der Waals surface area contributed by atoms with Gasteiger partial charge in [0.15, 0.2) is 5.78 Å². The lowest BCUT2D eigenvalue weighted by Gasteiger charge is -2.60. The summed E-state index contributed by atoms with van der Waals surface area (Å²) in [5.74, 6) is 1.39. The first-order valence-electron chi connectivity index (χ1n) is 8.96. The molecular formula is C19H28O3. The number of carbonyl (C=O) groups is 1. The second-order valence-corrected chi connectivity index (χ2v) is 8.85. The van der Waals surface area contributed by atoms with E-state index in [9.17, 15) is 15.0 Å². The van der Waals surface area contributed by atoms with Crippen LogP contribution in [0.25, 0.3) is 0 Å². The molecule has 0 heterocycles. The molecule has 0 aliphatic heterocycles. The number of aliphatic hydroxyl groups excluding tert-OH is 2. The Hall–Kier alpha value is -0.670. The first-order valence-corrected chi connectivity index (χ1v) is 8.96. The summed E-state index contributed by atoms with van der Waals surface area (Å²) < 4.78 is 0. The summed E-state index contributed by atoms with van der Waals surface area (Å²) >= 11 is 0. The van der Waals surface area contributed by atoms with Crippen LogP contribution in [0.5, 0.6) is 0 Å². The van der Waals surface area contributed by atoms with E-state index in [4.69, 9.17) is 0 Å². The highest BCUT2D eigenvalue weighted by atomic mass is 16.3. The van der Waals surface area contributed by atoms with E-state index in [1.54, 1.807) is 6.08 Å². The monoisotopic (exact) mass is 304 g/mol. The number of ketones is 1. The average Bonchev–Trinajstić information content (AvgIpc) is 2.82. The largest absolute Gasteiger partial charge is 0.393 e. The summed E-state index contributed by atoms with van der Waals surface area (Å²) in [4.78, 5) is 11.8. The molecule has 3 nitrogen and oxygen atoms in total. The molecule has 122 valence electrons. The summed E-state index contributed by atoms with van der Waals surface area (Å²) in [6.45, 7) is 4.53. The number of hydrogen-bond donors (Lipinski definition) is 2. The van der Waals surface area contributed by atoms with E-state index in [0.717, 1.165) is 24.8 Å². The Labute approximate surface area is 132 Å². The molecule has 0 aromatic carbocycles. The van der Waals surface area contributed by atoms with Crippen molar-refractivity contribution in [1.82, 2.24) is 0 Å². The van der Waals surface area contributed by atoms with Gasteiger partial charge in [-0.05, 0) is 72.3 Å². The van der Waals surface area contributed by atoms with Gasteiger partial charge in [-0.25, -0.2) is 0 Å². The van der Waals surface area contributed by atoms with Crippen molar-refractivity contribution in [1.29, 1.82) is 0 Å². The van der Waals surface area contributed by atoms with Gasteiger partial charge >= 0.3 is 0 Å². The third kappa shape index (κ3) is 1.85. The number of aliphatic hydroxyl groups is 2. The first-order chi connectivity index (χ1) is 10.3. The molecule has 6 unspecified atom stereocenters. The third-order valence-corrected chi connectivity index (χ3v) is 7.68. The normalized spacial score (nSPS) is 54.3. The number of rotatable bonds is 0. The van der Waals surface area contributed by atoms with E-state index in [0.29, 0.717) is 18.3 Å². The number of carbonyl (C=O) groups excluding carboxylic acids is 1. The van der Waals surface area contributed by atoms with Crippen molar-refractivity contribution in [3.05, 3.63) is 11.6 Å². The van der Waals surface area contributed by atoms with Crippen molar-refractivity contribution >= 4 is 5.78 Å². The lowest BCUT2D eigenvalue weighted by molar-refractivity contribution is -0.139. The van der Waals surface area contributed by atoms with E-state index >= 15 is 0 Å². The van der Waals surface area contributed by atoms with Crippen LogP contribution in [0.3, 0.4) is 0 Å². The topological polar surface area (TPSA) is 57.5 Å². The van der Waals surface area contributed by atoms with Gasteiger partial charge in [-0.2, -0.15) is 0 Å².